The van der Waals surface area contributed by atoms with Gasteiger partial charge in [0.2, 0.25) is 5.91 Å². The lowest BCUT2D eigenvalue weighted by Crippen LogP contribution is -2.45. The number of nitrogen functional groups attached to an aromatic ring is 1. The quantitative estimate of drug-likeness (QED) is 0.697. The van der Waals surface area contributed by atoms with E-state index in [2.05, 4.69) is 10.6 Å². The number of benzene rings is 1. The third kappa shape index (κ3) is 4.24. The van der Waals surface area contributed by atoms with Crippen LogP contribution in [0.5, 0.6) is 0 Å². The first-order chi connectivity index (χ1) is 8.95. The number of nitrogens with one attached hydrogen (secondary N) is 2. The minimum Gasteiger partial charge on any atom is -0.398 e. The molecule has 0 aliphatic carbocycles. The first-order valence-electron chi connectivity index (χ1n) is 6.09. The highest BCUT2D eigenvalue weighted by Crippen LogP contribution is 2.13. The maximum atomic E-state index is 13.1. The number of rotatable bonds is 5. The summed E-state index contributed by atoms with van der Waals surface area (Å²) in [6.45, 7) is 4.02. The van der Waals surface area contributed by atoms with Gasteiger partial charge in [-0.2, -0.15) is 0 Å². The molecule has 0 aromatic heterocycles. The average Bonchev–Trinajstić information content (AvgIpc) is 2.38. The van der Waals surface area contributed by atoms with Gasteiger partial charge in [0.05, 0.1) is 5.56 Å². The Bertz CT molecular complexity index is 477. The van der Waals surface area contributed by atoms with Gasteiger partial charge in [-0.1, -0.05) is 6.92 Å². The summed E-state index contributed by atoms with van der Waals surface area (Å²) in [4.78, 5) is 23.5. The zero-order chi connectivity index (χ0) is 14.4. The molecule has 4 N–H and O–H groups in total. The van der Waals surface area contributed by atoms with Crippen LogP contribution in [0.3, 0.4) is 0 Å². The van der Waals surface area contributed by atoms with Gasteiger partial charge in [-0.25, -0.2) is 4.39 Å². The second kappa shape index (κ2) is 6.72. The van der Waals surface area contributed by atoms with E-state index in [1.165, 1.54) is 12.1 Å². The zero-order valence-electron chi connectivity index (χ0n) is 11.0. The molecule has 1 aromatic rings. The van der Waals surface area contributed by atoms with Crippen molar-refractivity contribution in [2.24, 2.45) is 0 Å². The van der Waals surface area contributed by atoms with Crippen LogP contribution in [0.2, 0.25) is 0 Å². The maximum Gasteiger partial charge on any atom is 0.254 e. The van der Waals surface area contributed by atoms with E-state index in [9.17, 15) is 14.0 Å². The van der Waals surface area contributed by atoms with E-state index in [1.54, 1.807) is 6.92 Å². The summed E-state index contributed by atoms with van der Waals surface area (Å²) in [6, 6.07) is 2.82. The number of anilines is 1. The molecule has 0 aliphatic heterocycles. The Morgan fingerprint density at radius 1 is 1.42 bits per heavy atom. The first kappa shape index (κ1) is 14.9. The van der Waals surface area contributed by atoms with E-state index in [4.69, 9.17) is 5.73 Å². The van der Waals surface area contributed by atoms with Crippen molar-refractivity contribution in [1.82, 2.24) is 10.6 Å². The van der Waals surface area contributed by atoms with Crippen molar-refractivity contribution in [3.05, 3.63) is 29.6 Å². The van der Waals surface area contributed by atoms with Crippen molar-refractivity contribution in [2.45, 2.75) is 26.3 Å². The van der Waals surface area contributed by atoms with E-state index >= 15 is 0 Å². The number of amides is 2. The maximum absolute atomic E-state index is 13.1. The second-order valence-corrected chi connectivity index (χ2v) is 4.22. The summed E-state index contributed by atoms with van der Waals surface area (Å²) >= 11 is 0. The Morgan fingerprint density at radius 3 is 2.74 bits per heavy atom. The van der Waals surface area contributed by atoms with Gasteiger partial charge in [-0.15, -0.1) is 0 Å². The van der Waals surface area contributed by atoms with Crippen LogP contribution in [-0.2, 0) is 4.79 Å². The number of nitrogens with two attached hydrogens (primary N) is 1. The van der Waals surface area contributed by atoms with Crippen molar-refractivity contribution in [3.8, 4) is 0 Å². The molecule has 6 heteroatoms. The summed E-state index contributed by atoms with van der Waals surface area (Å²) in [6.07, 6.45) is 0.809. The van der Waals surface area contributed by atoms with Crippen molar-refractivity contribution < 1.29 is 14.0 Å². The van der Waals surface area contributed by atoms with Crippen molar-refractivity contribution >= 4 is 17.5 Å². The molecular weight excluding hydrogens is 249 g/mol. The lowest BCUT2D eigenvalue weighted by molar-refractivity contribution is -0.122. The van der Waals surface area contributed by atoms with E-state index in [1.807, 2.05) is 6.92 Å². The van der Waals surface area contributed by atoms with Crippen LogP contribution in [0.4, 0.5) is 10.1 Å². The Morgan fingerprint density at radius 2 is 2.11 bits per heavy atom. The normalized spacial score (nSPS) is 11.7. The summed E-state index contributed by atoms with van der Waals surface area (Å²) in [5, 5.41) is 5.13. The molecule has 1 unspecified atom stereocenters. The summed E-state index contributed by atoms with van der Waals surface area (Å²) in [7, 11) is 0. The standard InChI is InChI=1S/C13H18FN3O2/c1-3-6-16-12(18)8(2)17-13(19)10-7-9(14)4-5-11(10)15/h4-5,7-8H,3,6,15H2,1-2H3,(H,16,18)(H,17,19). The highest BCUT2D eigenvalue weighted by atomic mass is 19.1. The molecule has 0 bridgehead atoms. The number of halogens is 1. The predicted molar refractivity (Wildman–Crippen MR) is 71.0 cm³/mol. The smallest absolute Gasteiger partial charge is 0.254 e. The van der Waals surface area contributed by atoms with Crippen LogP contribution in [0.25, 0.3) is 0 Å². The Hall–Kier alpha value is -2.11. The number of hydrogen-bond acceptors (Lipinski definition) is 3. The molecule has 1 atom stereocenters. The number of carbonyl (C=O) groups is 2. The minimum atomic E-state index is -0.707. The molecular formula is C13H18FN3O2. The number of carbonyl (C=O) groups excluding carboxylic acids is 2. The first-order valence-corrected chi connectivity index (χ1v) is 6.09. The monoisotopic (exact) mass is 267 g/mol. The fraction of sp³-hybridized carbons (Fsp3) is 0.385. The van der Waals surface area contributed by atoms with Crippen molar-refractivity contribution in [2.75, 3.05) is 12.3 Å². The fourth-order valence-corrected chi connectivity index (χ4v) is 1.47. The molecule has 0 heterocycles. The zero-order valence-corrected chi connectivity index (χ0v) is 11.0. The summed E-state index contributed by atoms with van der Waals surface area (Å²) in [5.74, 6) is -1.41. The molecule has 0 spiro atoms. The molecule has 104 valence electrons. The van der Waals surface area contributed by atoms with Crippen LogP contribution < -0.4 is 16.4 Å². The van der Waals surface area contributed by atoms with E-state index in [-0.39, 0.29) is 17.2 Å². The van der Waals surface area contributed by atoms with Crippen LogP contribution in [-0.4, -0.2) is 24.4 Å². The molecule has 19 heavy (non-hydrogen) atoms. The Labute approximate surface area is 111 Å². The van der Waals surface area contributed by atoms with Gasteiger partial charge in [-0.05, 0) is 31.5 Å². The van der Waals surface area contributed by atoms with Crippen LogP contribution in [0, 0.1) is 5.82 Å². The third-order valence-electron chi connectivity index (χ3n) is 2.55. The predicted octanol–water partition coefficient (Wildman–Crippen LogP) is 1.05. The second-order valence-electron chi connectivity index (χ2n) is 4.22. The van der Waals surface area contributed by atoms with Gasteiger partial charge in [0, 0.05) is 12.2 Å². The molecule has 0 fully saturated rings. The van der Waals surface area contributed by atoms with Crippen molar-refractivity contribution in [3.63, 3.8) is 0 Å². The largest absolute Gasteiger partial charge is 0.398 e. The Kier molecular flexibility index (Phi) is 5.29. The summed E-state index contributed by atoms with van der Waals surface area (Å²) < 4.78 is 13.1. The lowest BCUT2D eigenvalue weighted by atomic mass is 10.1. The SMILES string of the molecule is CCCNC(=O)C(C)NC(=O)c1cc(F)ccc1N. The molecule has 0 aliphatic rings. The van der Waals surface area contributed by atoms with Gasteiger partial charge in [0.15, 0.2) is 0 Å². The Balaban J connectivity index is 2.68. The molecule has 0 saturated carbocycles. The van der Waals surface area contributed by atoms with Gasteiger partial charge in [0.1, 0.15) is 11.9 Å². The molecule has 2 amide bonds. The van der Waals surface area contributed by atoms with Gasteiger partial charge < -0.3 is 16.4 Å². The van der Waals surface area contributed by atoms with E-state index in [0.29, 0.717) is 6.54 Å². The molecule has 5 nitrogen and oxygen atoms in total. The topological polar surface area (TPSA) is 84.2 Å². The number of hydrogen-bond donors (Lipinski definition) is 3. The highest BCUT2D eigenvalue weighted by Gasteiger charge is 2.17. The van der Waals surface area contributed by atoms with Crippen LogP contribution >= 0.6 is 0 Å². The summed E-state index contributed by atoms with van der Waals surface area (Å²) in [5.41, 5.74) is 5.78. The van der Waals surface area contributed by atoms with Crippen LogP contribution in [0.1, 0.15) is 30.6 Å². The van der Waals surface area contributed by atoms with Crippen LogP contribution in [0.15, 0.2) is 18.2 Å². The molecule has 1 aromatic carbocycles. The molecule has 0 saturated heterocycles. The van der Waals surface area contributed by atoms with E-state index in [0.717, 1.165) is 12.5 Å². The lowest BCUT2D eigenvalue weighted by Gasteiger charge is -2.14. The van der Waals surface area contributed by atoms with Gasteiger partial charge >= 0.3 is 0 Å². The van der Waals surface area contributed by atoms with Gasteiger partial charge in [0.25, 0.3) is 5.91 Å². The highest BCUT2D eigenvalue weighted by molar-refractivity contribution is 6.01. The van der Waals surface area contributed by atoms with Gasteiger partial charge in [-0.3, -0.25) is 9.59 Å². The molecule has 1 rings (SSSR count). The van der Waals surface area contributed by atoms with Crippen molar-refractivity contribution in [1.29, 1.82) is 0 Å². The molecule has 0 radical (unpaired) electrons. The third-order valence-corrected chi connectivity index (χ3v) is 2.55. The van der Waals surface area contributed by atoms with E-state index < -0.39 is 17.8 Å². The minimum absolute atomic E-state index is 0.0233. The fourth-order valence-electron chi connectivity index (χ4n) is 1.47. The average molecular weight is 267 g/mol.